The van der Waals surface area contributed by atoms with E-state index >= 15 is 0 Å². The number of rotatable bonds is 2. The topological polar surface area (TPSA) is 67.6 Å². The summed E-state index contributed by atoms with van der Waals surface area (Å²) in [5, 5.41) is 15.4. The molecule has 0 radical (unpaired) electrons. The van der Waals surface area contributed by atoms with E-state index in [1.54, 1.807) is 12.1 Å². The molecular weight excluding hydrogens is 374 g/mol. The van der Waals surface area contributed by atoms with Crippen LogP contribution in [-0.2, 0) is 0 Å². The number of anilines is 1. The second kappa shape index (κ2) is 6.44. The molecule has 0 spiro atoms. The van der Waals surface area contributed by atoms with Gasteiger partial charge in [0.15, 0.2) is 10.8 Å². The van der Waals surface area contributed by atoms with E-state index in [1.807, 2.05) is 18.2 Å². The normalized spacial score (nSPS) is 28.3. The third-order valence-corrected chi connectivity index (χ3v) is 6.53. The van der Waals surface area contributed by atoms with Crippen molar-refractivity contribution in [2.24, 2.45) is 5.92 Å². The van der Waals surface area contributed by atoms with E-state index in [4.69, 9.17) is 17.0 Å². The molecule has 2 heterocycles. The maximum Gasteiger partial charge on any atom is 0.270 e. The number of nitro benzene ring substituents is 1. The summed E-state index contributed by atoms with van der Waals surface area (Å²) in [7, 11) is 0. The molecule has 144 valence electrons. The van der Waals surface area contributed by atoms with E-state index in [0.717, 1.165) is 43.4 Å². The molecule has 7 heteroatoms. The summed E-state index contributed by atoms with van der Waals surface area (Å²) in [4.78, 5) is 13.1. The lowest BCUT2D eigenvalue weighted by Gasteiger charge is -2.58. The summed E-state index contributed by atoms with van der Waals surface area (Å²) in [6.45, 7) is 0. The molecule has 1 saturated heterocycles. The summed E-state index contributed by atoms with van der Waals surface area (Å²) in [6, 6.07) is 14.9. The van der Waals surface area contributed by atoms with Gasteiger partial charge in [-0.2, -0.15) is 0 Å². The molecule has 6 nitrogen and oxygen atoms in total. The summed E-state index contributed by atoms with van der Waals surface area (Å²) in [6.07, 6.45) is 5.21. The number of ether oxygens (including phenoxy) is 1. The number of fused-ring (bicyclic) bond motifs is 2. The van der Waals surface area contributed by atoms with Gasteiger partial charge in [-0.3, -0.25) is 15.0 Å². The van der Waals surface area contributed by atoms with Gasteiger partial charge in [0.25, 0.3) is 5.69 Å². The van der Waals surface area contributed by atoms with Gasteiger partial charge in [0.1, 0.15) is 5.75 Å². The predicted molar refractivity (Wildman–Crippen MR) is 110 cm³/mol. The second-order valence-corrected chi connectivity index (χ2v) is 8.12. The number of para-hydroxylation sites is 1. The Kier molecular flexibility index (Phi) is 4.01. The molecule has 2 fully saturated rings. The number of non-ortho nitro benzene ring substituents is 1. The van der Waals surface area contributed by atoms with Crippen molar-refractivity contribution in [2.75, 3.05) is 4.90 Å². The highest BCUT2D eigenvalue weighted by Gasteiger charge is 2.58. The minimum Gasteiger partial charge on any atom is -0.467 e. The molecule has 3 aliphatic rings. The summed E-state index contributed by atoms with van der Waals surface area (Å²) >= 11 is 5.79. The quantitative estimate of drug-likeness (QED) is 0.452. The van der Waals surface area contributed by atoms with Gasteiger partial charge < -0.3 is 10.1 Å². The molecule has 2 aromatic carbocycles. The van der Waals surface area contributed by atoms with Crippen molar-refractivity contribution in [3.8, 4) is 5.75 Å². The van der Waals surface area contributed by atoms with Crippen LogP contribution in [0.4, 0.5) is 11.4 Å². The molecule has 3 atom stereocenters. The van der Waals surface area contributed by atoms with Crippen LogP contribution in [-0.4, -0.2) is 15.8 Å². The molecule has 28 heavy (non-hydrogen) atoms. The van der Waals surface area contributed by atoms with Crippen molar-refractivity contribution in [3.63, 3.8) is 0 Å². The summed E-state index contributed by atoms with van der Waals surface area (Å²) in [5.41, 5.74) is 1.37. The van der Waals surface area contributed by atoms with E-state index in [9.17, 15) is 10.1 Å². The Bertz CT molecular complexity index is 951. The Morgan fingerprint density at radius 3 is 2.79 bits per heavy atom. The molecule has 0 aromatic heterocycles. The number of thiocarbonyl (C=S) groups is 1. The SMILES string of the molecule is O=[N+]([O-])c1ccc2c(c1)C1NC(=S)N(c3ccccc3)C3(CCCCCC13)O2. The van der Waals surface area contributed by atoms with Crippen molar-refractivity contribution < 1.29 is 9.66 Å². The summed E-state index contributed by atoms with van der Waals surface area (Å²) in [5.74, 6) is 0.876. The van der Waals surface area contributed by atoms with Crippen LogP contribution in [0.5, 0.6) is 5.75 Å². The molecule has 1 N–H and O–H groups in total. The number of benzene rings is 2. The van der Waals surface area contributed by atoms with Crippen LogP contribution < -0.4 is 15.0 Å². The van der Waals surface area contributed by atoms with Crippen LogP contribution in [0.3, 0.4) is 0 Å². The Morgan fingerprint density at radius 1 is 1.18 bits per heavy atom. The van der Waals surface area contributed by atoms with Crippen molar-refractivity contribution in [2.45, 2.75) is 43.9 Å². The van der Waals surface area contributed by atoms with Crippen molar-refractivity contribution in [1.82, 2.24) is 5.32 Å². The smallest absolute Gasteiger partial charge is 0.270 e. The standard InChI is InChI=1S/C21H21N3O3S/c25-24(26)15-10-11-18-16(13-15)19-17-9-5-2-6-12-21(17,27-18)23(20(28)22-19)14-7-3-1-4-8-14/h1,3-4,7-8,10-11,13,17,19H,2,5-6,9,12H2,(H,22,28). The van der Waals surface area contributed by atoms with Gasteiger partial charge >= 0.3 is 0 Å². The van der Waals surface area contributed by atoms with E-state index < -0.39 is 5.72 Å². The van der Waals surface area contributed by atoms with Gasteiger partial charge in [-0.1, -0.05) is 31.0 Å². The fourth-order valence-corrected chi connectivity index (χ4v) is 5.45. The number of nitrogens with one attached hydrogen (secondary N) is 1. The number of hydrogen-bond donors (Lipinski definition) is 1. The zero-order chi connectivity index (χ0) is 19.3. The largest absolute Gasteiger partial charge is 0.467 e. The van der Waals surface area contributed by atoms with Crippen molar-refractivity contribution >= 4 is 28.7 Å². The highest BCUT2D eigenvalue weighted by molar-refractivity contribution is 7.80. The van der Waals surface area contributed by atoms with Crippen LogP contribution in [0.1, 0.15) is 43.7 Å². The molecule has 1 saturated carbocycles. The molecule has 2 bridgehead atoms. The lowest BCUT2D eigenvalue weighted by molar-refractivity contribution is -0.385. The molecule has 0 amide bonds. The number of nitro groups is 1. The Morgan fingerprint density at radius 2 is 2.00 bits per heavy atom. The van der Waals surface area contributed by atoms with Crippen LogP contribution >= 0.6 is 12.2 Å². The third-order valence-electron chi connectivity index (χ3n) is 6.23. The fraction of sp³-hybridized carbons (Fsp3) is 0.381. The molecule has 3 unspecified atom stereocenters. The van der Waals surface area contributed by atoms with Crippen LogP contribution in [0.15, 0.2) is 48.5 Å². The van der Waals surface area contributed by atoms with Gasteiger partial charge in [-0.25, -0.2) is 0 Å². The van der Waals surface area contributed by atoms with Crippen molar-refractivity contribution in [1.29, 1.82) is 0 Å². The molecular formula is C21H21N3O3S. The second-order valence-electron chi connectivity index (χ2n) is 7.73. The van der Waals surface area contributed by atoms with Gasteiger partial charge in [-0.15, -0.1) is 0 Å². The molecule has 2 aromatic rings. The highest BCUT2D eigenvalue weighted by atomic mass is 32.1. The molecule has 1 aliphatic carbocycles. The van der Waals surface area contributed by atoms with E-state index in [-0.39, 0.29) is 22.6 Å². The first-order valence-electron chi connectivity index (χ1n) is 9.73. The number of hydrogen-bond acceptors (Lipinski definition) is 4. The van der Waals surface area contributed by atoms with Gasteiger partial charge in [0, 0.05) is 35.7 Å². The van der Waals surface area contributed by atoms with Gasteiger partial charge in [0.2, 0.25) is 0 Å². The van der Waals surface area contributed by atoms with Crippen LogP contribution in [0.25, 0.3) is 0 Å². The predicted octanol–water partition coefficient (Wildman–Crippen LogP) is 4.70. The highest BCUT2D eigenvalue weighted by Crippen LogP contribution is 2.54. The van der Waals surface area contributed by atoms with E-state index in [1.165, 1.54) is 6.07 Å². The first kappa shape index (κ1) is 17.4. The zero-order valence-electron chi connectivity index (χ0n) is 15.3. The molecule has 2 aliphatic heterocycles. The van der Waals surface area contributed by atoms with Crippen LogP contribution in [0, 0.1) is 16.0 Å². The molecule has 5 rings (SSSR count). The average Bonchev–Trinajstić information content (AvgIpc) is 2.91. The van der Waals surface area contributed by atoms with Gasteiger partial charge in [0.05, 0.1) is 11.0 Å². The third kappa shape index (κ3) is 2.49. The zero-order valence-corrected chi connectivity index (χ0v) is 16.2. The first-order chi connectivity index (χ1) is 13.6. The minimum absolute atomic E-state index is 0.0748. The fourth-order valence-electron chi connectivity index (χ4n) is 5.06. The summed E-state index contributed by atoms with van der Waals surface area (Å²) < 4.78 is 6.72. The minimum atomic E-state index is -0.562. The monoisotopic (exact) mass is 395 g/mol. The first-order valence-corrected chi connectivity index (χ1v) is 10.1. The Balaban J connectivity index is 1.69. The number of nitrogens with zero attached hydrogens (tertiary/aromatic N) is 2. The maximum atomic E-state index is 11.3. The Labute approximate surface area is 168 Å². The van der Waals surface area contributed by atoms with E-state index in [2.05, 4.69) is 22.3 Å². The lowest BCUT2D eigenvalue weighted by Crippen LogP contribution is -2.71. The van der Waals surface area contributed by atoms with Gasteiger partial charge in [-0.05, 0) is 43.3 Å². The lowest BCUT2D eigenvalue weighted by atomic mass is 9.75. The maximum absolute atomic E-state index is 11.3. The Hall–Kier alpha value is -2.67. The van der Waals surface area contributed by atoms with Crippen molar-refractivity contribution in [3.05, 3.63) is 64.2 Å². The van der Waals surface area contributed by atoms with E-state index in [0.29, 0.717) is 10.9 Å². The van der Waals surface area contributed by atoms with Crippen LogP contribution in [0.2, 0.25) is 0 Å². The average molecular weight is 395 g/mol.